The molecular formula is C11H14BrNO3. The van der Waals surface area contributed by atoms with Gasteiger partial charge in [0.25, 0.3) is 0 Å². The summed E-state index contributed by atoms with van der Waals surface area (Å²) in [7, 11) is 0. The van der Waals surface area contributed by atoms with Crippen molar-refractivity contribution >= 4 is 27.6 Å². The number of carbonyl (C=O) groups is 1. The van der Waals surface area contributed by atoms with Crippen LogP contribution < -0.4 is 5.32 Å². The van der Waals surface area contributed by atoms with Crippen LogP contribution in [0.3, 0.4) is 0 Å². The van der Waals surface area contributed by atoms with E-state index in [1.54, 1.807) is 0 Å². The van der Waals surface area contributed by atoms with E-state index in [1.165, 1.54) is 6.92 Å². The van der Waals surface area contributed by atoms with Crippen LogP contribution in [0.15, 0.2) is 22.7 Å². The zero-order chi connectivity index (χ0) is 12.3. The average molecular weight is 288 g/mol. The number of aryl methyl sites for hydroxylation is 1. The minimum Gasteiger partial charge on any atom is -0.479 e. The number of rotatable bonds is 4. The maximum absolute atomic E-state index is 10.7. The van der Waals surface area contributed by atoms with Gasteiger partial charge in [0.2, 0.25) is 0 Å². The lowest BCUT2D eigenvalue weighted by molar-refractivity contribution is -0.155. The van der Waals surface area contributed by atoms with Crippen molar-refractivity contribution in [2.45, 2.75) is 19.4 Å². The number of halogens is 1. The molecule has 0 aromatic heterocycles. The van der Waals surface area contributed by atoms with E-state index >= 15 is 0 Å². The second kappa shape index (κ2) is 4.84. The third-order valence-electron chi connectivity index (χ3n) is 2.27. The number of carboxylic acids is 1. The number of carboxylic acid groups (broad SMARTS) is 1. The Morgan fingerprint density at radius 2 is 2.19 bits per heavy atom. The highest BCUT2D eigenvalue weighted by atomic mass is 79.9. The smallest absolute Gasteiger partial charge is 0.337 e. The first kappa shape index (κ1) is 13.0. The molecule has 1 atom stereocenters. The third kappa shape index (κ3) is 3.21. The van der Waals surface area contributed by atoms with Crippen LogP contribution in [0.4, 0.5) is 5.69 Å². The zero-order valence-electron chi connectivity index (χ0n) is 9.12. The fraction of sp³-hybridized carbons (Fsp3) is 0.364. The topological polar surface area (TPSA) is 69.6 Å². The van der Waals surface area contributed by atoms with Crippen LogP contribution in [-0.2, 0) is 4.79 Å². The summed E-state index contributed by atoms with van der Waals surface area (Å²) in [6.45, 7) is 3.13. The Kier molecular flexibility index (Phi) is 3.93. The first-order chi connectivity index (χ1) is 7.33. The molecule has 16 heavy (non-hydrogen) atoms. The lowest BCUT2D eigenvalue weighted by atomic mass is 10.1. The zero-order valence-corrected chi connectivity index (χ0v) is 10.7. The van der Waals surface area contributed by atoms with Gasteiger partial charge in [0.15, 0.2) is 5.60 Å². The quantitative estimate of drug-likeness (QED) is 0.792. The molecule has 4 nitrogen and oxygen atoms in total. The maximum Gasteiger partial charge on any atom is 0.337 e. The Morgan fingerprint density at radius 3 is 2.69 bits per heavy atom. The van der Waals surface area contributed by atoms with Gasteiger partial charge in [-0.15, -0.1) is 0 Å². The summed E-state index contributed by atoms with van der Waals surface area (Å²) in [5, 5.41) is 21.2. The van der Waals surface area contributed by atoms with E-state index in [2.05, 4.69) is 21.2 Å². The molecule has 0 saturated carbocycles. The van der Waals surface area contributed by atoms with Crippen molar-refractivity contribution in [1.29, 1.82) is 0 Å². The van der Waals surface area contributed by atoms with Crippen LogP contribution in [0.25, 0.3) is 0 Å². The Morgan fingerprint density at radius 1 is 1.56 bits per heavy atom. The van der Waals surface area contributed by atoms with Gasteiger partial charge in [-0.2, -0.15) is 0 Å². The van der Waals surface area contributed by atoms with Gasteiger partial charge in [-0.3, -0.25) is 0 Å². The fourth-order valence-electron chi connectivity index (χ4n) is 1.17. The molecule has 1 rings (SSSR count). The van der Waals surface area contributed by atoms with E-state index in [1.807, 2.05) is 25.1 Å². The van der Waals surface area contributed by atoms with Crippen molar-refractivity contribution < 1.29 is 15.0 Å². The van der Waals surface area contributed by atoms with Crippen molar-refractivity contribution in [3.8, 4) is 0 Å². The van der Waals surface area contributed by atoms with Gasteiger partial charge in [0.1, 0.15) is 0 Å². The molecule has 0 aliphatic rings. The van der Waals surface area contributed by atoms with Gasteiger partial charge < -0.3 is 15.5 Å². The van der Waals surface area contributed by atoms with E-state index in [4.69, 9.17) is 5.11 Å². The first-order valence-electron chi connectivity index (χ1n) is 4.79. The van der Waals surface area contributed by atoms with E-state index in [0.717, 1.165) is 15.7 Å². The lowest BCUT2D eigenvalue weighted by Gasteiger charge is -2.20. The molecule has 0 heterocycles. The molecule has 0 aliphatic carbocycles. The van der Waals surface area contributed by atoms with Crippen molar-refractivity contribution in [2.24, 2.45) is 0 Å². The first-order valence-corrected chi connectivity index (χ1v) is 5.58. The van der Waals surface area contributed by atoms with E-state index in [-0.39, 0.29) is 6.54 Å². The molecule has 1 unspecified atom stereocenters. The summed E-state index contributed by atoms with van der Waals surface area (Å²) in [5.41, 5.74) is 0.0276. The van der Waals surface area contributed by atoms with Gasteiger partial charge in [0.05, 0.1) is 6.54 Å². The number of benzene rings is 1. The summed E-state index contributed by atoms with van der Waals surface area (Å²) >= 11 is 3.34. The van der Waals surface area contributed by atoms with Gasteiger partial charge in [-0.05, 0) is 37.6 Å². The van der Waals surface area contributed by atoms with E-state index in [9.17, 15) is 9.90 Å². The molecule has 0 radical (unpaired) electrons. The second-order valence-corrected chi connectivity index (χ2v) is 4.81. The minimum atomic E-state index is -1.76. The summed E-state index contributed by atoms with van der Waals surface area (Å²) < 4.78 is 0.959. The molecule has 3 N–H and O–H groups in total. The molecule has 0 amide bonds. The highest BCUT2D eigenvalue weighted by Crippen LogP contribution is 2.20. The predicted octanol–water partition coefficient (Wildman–Crippen LogP) is 2.01. The molecular weight excluding hydrogens is 274 g/mol. The number of hydrogen-bond donors (Lipinski definition) is 3. The summed E-state index contributed by atoms with van der Waals surface area (Å²) in [5.74, 6) is -1.24. The molecule has 0 saturated heterocycles. The normalized spacial score (nSPS) is 14.2. The third-order valence-corrected chi connectivity index (χ3v) is 2.77. The summed E-state index contributed by atoms with van der Waals surface area (Å²) in [4.78, 5) is 10.7. The van der Waals surface area contributed by atoms with Crippen LogP contribution in [0.5, 0.6) is 0 Å². The number of hydrogen-bond acceptors (Lipinski definition) is 3. The molecule has 5 heteroatoms. The monoisotopic (exact) mass is 287 g/mol. The minimum absolute atomic E-state index is 0.0369. The maximum atomic E-state index is 10.7. The molecule has 1 aromatic carbocycles. The Balaban J connectivity index is 2.72. The molecule has 88 valence electrons. The van der Waals surface area contributed by atoms with Crippen LogP contribution in [0, 0.1) is 6.92 Å². The van der Waals surface area contributed by atoms with Crippen LogP contribution in [-0.4, -0.2) is 28.3 Å². The van der Waals surface area contributed by atoms with Crippen LogP contribution in [0.1, 0.15) is 12.5 Å². The largest absolute Gasteiger partial charge is 0.479 e. The standard InChI is InChI=1S/C11H14BrNO3/c1-7-5-8(12)3-4-9(7)13-6-11(2,16)10(14)15/h3-5,13,16H,6H2,1-2H3,(H,14,15). The average Bonchev–Trinajstić information content (AvgIpc) is 2.16. The SMILES string of the molecule is Cc1cc(Br)ccc1NCC(C)(O)C(=O)O. The van der Waals surface area contributed by atoms with Gasteiger partial charge >= 0.3 is 5.97 Å². The van der Waals surface area contributed by atoms with Gasteiger partial charge in [-0.1, -0.05) is 15.9 Å². The molecule has 0 fully saturated rings. The van der Waals surface area contributed by atoms with Crippen LogP contribution >= 0.6 is 15.9 Å². The fourth-order valence-corrected chi connectivity index (χ4v) is 1.64. The number of anilines is 1. The highest BCUT2D eigenvalue weighted by Gasteiger charge is 2.29. The van der Waals surface area contributed by atoms with E-state index in [0.29, 0.717) is 0 Å². The van der Waals surface area contributed by atoms with E-state index < -0.39 is 11.6 Å². The number of aliphatic hydroxyl groups is 1. The summed E-state index contributed by atoms with van der Waals surface area (Å²) in [6, 6.07) is 5.60. The molecule has 0 spiro atoms. The lowest BCUT2D eigenvalue weighted by Crippen LogP contribution is -2.41. The Labute approximate surface area is 102 Å². The van der Waals surface area contributed by atoms with Crippen molar-refractivity contribution in [2.75, 3.05) is 11.9 Å². The van der Waals surface area contributed by atoms with Gasteiger partial charge in [-0.25, -0.2) is 4.79 Å². The van der Waals surface area contributed by atoms with Crippen molar-refractivity contribution in [3.63, 3.8) is 0 Å². The highest BCUT2D eigenvalue weighted by molar-refractivity contribution is 9.10. The predicted molar refractivity (Wildman–Crippen MR) is 65.6 cm³/mol. The molecule has 0 bridgehead atoms. The summed E-state index contributed by atoms with van der Waals surface area (Å²) in [6.07, 6.45) is 0. The number of aliphatic carboxylic acids is 1. The Hall–Kier alpha value is -1.07. The van der Waals surface area contributed by atoms with Crippen LogP contribution in [0.2, 0.25) is 0 Å². The van der Waals surface area contributed by atoms with Crippen molar-refractivity contribution in [1.82, 2.24) is 0 Å². The number of nitrogens with one attached hydrogen (secondary N) is 1. The Bertz CT molecular complexity index is 404. The molecule has 0 aliphatic heterocycles. The van der Waals surface area contributed by atoms with Crippen molar-refractivity contribution in [3.05, 3.63) is 28.2 Å². The second-order valence-electron chi connectivity index (χ2n) is 3.89. The molecule has 1 aromatic rings. The van der Waals surface area contributed by atoms with Gasteiger partial charge in [0, 0.05) is 10.2 Å².